The van der Waals surface area contributed by atoms with Gasteiger partial charge >= 0.3 is 0 Å². The number of H-pyrrole nitrogens is 2. The van der Waals surface area contributed by atoms with Crippen LogP contribution in [-0.4, -0.2) is 43.2 Å². The van der Waals surface area contributed by atoms with Gasteiger partial charge in [-0.05, 0) is 31.4 Å². The summed E-state index contributed by atoms with van der Waals surface area (Å²) in [6.45, 7) is 0.0977. The third-order valence-corrected chi connectivity index (χ3v) is 6.43. The molecule has 1 unspecified atom stereocenters. The molecule has 8 nitrogen and oxygen atoms in total. The van der Waals surface area contributed by atoms with Crippen LogP contribution < -0.4 is 5.32 Å². The number of hydrogen-bond donors (Lipinski definition) is 3. The molecular weight excluding hydrogens is 457 g/mol. The van der Waals surface area contributed by atoms with Gasteiger partial charge in [-0.2, -0.15) is 5.10 Å². The van der Waals surface area contributed by atoms with E-state index in [1.165, 1.54) is 23.6 Å². The molecule has 3 N–H and O–H groups in total. The Bertz CT molecular complexity index is 1320. The third kappa shape index (κ3) is 4.01. The number of ketones is 1. The predicted octanol–water partition coefficient (Wildman–Crippen LogP) is 3.68. The van der Waals surface area contributed by atoms with E-state index in [2.05, 4.69) is 30.7 Å². The summed E-state index contributed by atoms with van der Waals surface area (Å²) in [5.74, 6) is -3.92. The van der Waals surface area contributed by atoms with E-state index in [4.69, 9.17) is 0 Å². The van der Waals surface area contributed by atoms with Crippen molar-refractivity contribution in [3.63, 3.8) is 0 Å². The number of halogens is 3. The summed E-state index contributed by atoms with van der Waals surface area (Å²) in [5, 5.41) is 19.5. The van der Waals surface area contributed by atoms with Crippen LogP contribution in [-0.2, 0) is 19.4 Å². The number of fused-ring (bicyclic) bond motifs is 1. The van der Waals surface area contributed by atoms with Crippen molar-refractivity contribution in [3.05, 3.63) is 63.1 Å². The van der Waals surface area contributed by atoms with Crippen molar-refractivity contribution >= 4 is 23.0 Å². The minimum atomic E-state index is -1.82. The Labute approximate surface area is 189 Å². The van der Waals surface area contributed by atoms with E-state index in [0.717, 1.165) is 36.2 Å². The standard InChI is InChI=1S/C21H17F3N6O2S/c22-10-5-12(23)17(13(24)6-10)19(31)9-4-15(25-7-9)20(32)26-8-16-28-30-21(33-16)18-11-2-1-3-14(11)27-29-18/h4-5,7,10,25H,1-3,6,8H2,(H,26,32)(H,27,29). The zero-order valence-electron chi connectivity index (χ0n) is 17.0. The molecule has 0 aromatic carbocycles. The highest BCUT2D eigenvalue weighted by Gasteiger charge is 2.29. The number of aryl methyl sites for hydroxylation is 1. The smallest absolute Gasteiger partial charge is 0.268 e. The zero-order chi connectivity index (χ0) is 23.1. The Balaban J connectivity index is 1.24. The van der Waals surface area contributed by atoms with Gasteiger partial charge < -0.3 is 10.3 Å². The highest BCUT2D eigenvalue weighted by Crippen LogP contribution is 2.32. The number of alkyl halides is 1. The quantitative estimate of drug-likeness (QED) is 0.472. The number of aromatic amines is 2. The minimum Gasteiger partial charge on any atom is -0.356 e. The number of Topliss-reactive ketones (excluding diaryl/α,β-unsaturated/α-hetero) is 1. The van der Waals surface area contributed by atoms with E-state index < -0.39 is 41.5 Å². The molecule has 0 spiro atoms. The number of amides is 1. The lowest BCUT2D eigenvalue weighted by atomic mass is 9.97. The molecule has 0 saturated heterocycles. The van der Waals surface area contributed by atoms with Crippen molar-refractivity contribution in [3.8, 4) is 10.7 Å². The van der Waals surface area contributed by atoms with Gasteiger partial charge in [0.05, 0.1) is 12.1 Å². The molecule has 2 aliphatic carbocycles. The second-order valence-corrected chi connectivity index (χ2v) is 8.77. The average Bonchev–Trinajstić information content (AvgIpc) is 3.55. The zero-order valence-corrected chi connectivity index (χ0v) is 17.9. The van der Waals surface area contributed by atoms with Crippen LogP contribution in [0.15, 0.2) is 35.6 Å². The first-order chi connectivity index (χ1) is 15.9. The van der Waals surface area contributed by atoms with Crippen molar-refractivity contribution in [2.45, 2.75) is 38.4 Å². The van der Waals surface area contributed by atoms with Crippen molar-refractivity contribution < 1.29 is 22.8 Å². The van der Waals surface area contributed by atoms with E-state index in [1.807, 2.05) is 0 Å². The Morgan fingerprint density at radius 2 is 2.09 bits per heavy atom. The van der Waals surface area contributed by atoms with E-state index in [1.54, 1.807) is 0 Å². The second-order valence-electron chi connectivity index (χ2n) is 7.71. The molecule has 3 aromatic rings. The molecule has 0 saturated carbocycles. The van der Waals surface area contributed by atoms with E-state index in [9.17, 15) is 22.8 Å². The van der Waals surface area contributed by atoms with Gasteiger partial charge in [0.2, 0.25) is 0 Å². The number of rotatable bonds is 6. The van der Waals surface area contributed by atoms with Crippen LogP contribution in [0.5, 0.6) is 0 Å². The average molecular weight is 474 g/mol. The number of aromatic nitrogens is 5. The summed E-state index contributed by atoms with van der Waals surface area (Å²) >= 11 is 1.31. The summed E-state index contributed by atoms with van der Waals surface area (Å²) in [4.78, 5) is 27.5. The van der Waals surface area contributed by atoms with Gasteiger partial charge in [0.25, 0.3) is 5.91 Å². The maximum absolute atomic E-state index is 14.0. The van der Waals surface area contributed by atoms with Crippen LogP contribution in [0.3, 0.4) is 0 Å². The van der Waals surface area contributed by atoms with Gasteiger partial charge in [-0.15, -0.1) is 10.2 Å². The van der Waals surface area contributed by atoms with Gasteiger partial charge in [0.1, 0.15) is 34.2 Å². The number of carbonyl (C=O) groups is 2. The highest BCUT2D eigenvalue weighted by molar-refractivity contribution is 7.14. The maximum Gasteiger partial charge on any atom is 0.268 e. The molecule has 1 atom stereocenters. The highest BCUT2D eigenvalue weighted by atomic mass is 32.1. The molecule has 2 aliphatic rings. The fourth-order valence-corrected chi connectivity index (χ4v) is 4.70. The Kier molecular flexibility index (Phi) is 5.44. The van der Waals surface area contributed by atoms with Crippen LogP contribution >= 0.6 is 11.3 Å². The van der Waals surface area contributed by atoms with Crippen molar-refractivity contribution in [1.82, 2.24) is 30.7 Å². The van der Waals surface area contributed by atoms with E-state index >= 15 is 0 Å². The van der Waals surface area contributed by atoms with E-state index in [-0.39, 0.29) is 17.8 Å². The van der Waals surface area contributed by atoms with Gasteiger partial charge in [0.15, 0.2) is 10.8 Å². The topological polar surface area (TPSA) is 116 Å². The first kappa shape index (κ1) is 21.3. The van der Waals surface area contributed by atoms with Crippen molar-refractivity contribution in [2.75, 3.05) is 0 Å². The lowest BCUT2D eigenvalue weighted by molar-refractivity contribution is 0.0946. The van der Waals surface area contributed by atoms with Gasteiger partial charge in [-0.1, -0.05) is 11.3 Å². The van der Waals surface area contributed by atoms with E-state index in [0.29, 0.717) is 16.1 Å². The minimum absolute atomic E-state index is 0.0257. The lowest BCUT2D eigenvalue weighted by Crippen LogP contribution is -2.23. The van der Waals surface area contributed by atoms with Crippen molar-refractivity contribution in [1.29, 1.82) is 0 Å². The number of hydrogen-bond acceptors (Lipinski definition) is 6. The fourth-order valence-electron chi connectivity index (χ4n) is 3.90. The first-order valence-corrected chi connectivity index (χ1v) is 11.0. The monoisotopic (exact) mass is 474 g/mol. The molecule has 0 aliphatic heterocycles. The normalized spacial score (nSPS) is 17.8. The summed E-state index contributed by atoms with van der Waals surface area (Å²) in [7, 11) is 0. The molecule has 0 radical (unpaired) electrons. The second kappa shape index (κ2) is 8.43. The maximum atomic E-state index is 14.0. The molecule has 0 bridgehead atoms. The molecule has 33 heavy (non-hydrogen) atoms. The molecule has 12 heteroatoms. The molecule has 3 heterocycles. The number of nitrogens with one attached hydrogen (secondary N) is 3. The van der Waals surface area contributed by atoms with Crippen LogP contribution in [0.25, 0.3) is 10.7 Å². The van der Waals surface area contributed by atoms with Crippen LogP contribution in [0.2, 0.25) is 0 Å². The Morgan fingerprint density at radius 1 is 1.24 bits per heavy atom. The van der Waals surface area contributed by atoms with Gasteiger partial charge in [-0.25, -0.2) is 13.2 Å². The molecule has 3 aromatic heterocycles. The number of nitrogens with zero attached hydrogens (tertiary/aromatic N) is 3. The molecule has 1 amide bonds. The van der Waals surface area contributed by atoms with Gasteiger partial charge in [-0.3, -0.25) is 14.7 Å². The Morgan fingerprint density at radius 3 is 2.91 bits per heavy atom. The van der Waals surface area contributed by atoms with Crippen molar-refractivity contribution in [2.24, 2.45) is 0 Å². The summed E-state index contributed by atoms with van der Waals surface area (Å²) < 4.78 is 41.1. The SMILES string of the molecule is O=C(C1=C(F)CC(F)C=C1F)c1c[nH]c(C(=O)NCc2nnc(-c3n[nH]c4c3CCC4)s2)c1. The summed E-state index contributed by atoms with van der Waals surface area (Å²) in [6, 6.07) is 1.19. The molecule has 5 rings (SSSR count). The molecule has 170 valence electrons. The lowest BCUT2D eigenvalue weighted by Gasteiger charge is -2.13. The molecule has 0 fully saturated rings. The summed E-state index contributed by atoms with van der Waals surface area (Å²) in [5.41, 5.74) is 2.16. The number of allylic oxidation sites excluding steroid dienone is 4. The largest absolute Gasteiger partial charge is 0.356 e. The third-order valence-electron chi connectivity index (χ3n) is 5.50. The number of carbonyl (C=O) groups excluding carboxylic acids is 2. The predicted molar refractivity (Wildman–Crippen MR) is 113 cm³/mol. The van der Waals surface area contributed by atoms with Crippen LogP contribution in [0, 0.1) is 0 Å². The first-order valence-electron chi connectivity index (χ1n) is 10.2. The molecular formula is C21H17F3N6O2S. The van der Waals surface area contributed by atoms with Crippen LogP contribution in [0.4, 0.5) is 13.2 Å². The van der Waals surface area contributed by atoms with Crippen LogP contribution in [0.1, 0.15) is 50.0 Å². The Hall–Kier alpha value is -3.54. The fraction of sp³-hybridized carbons (Fsp3) is 0.286. The summed E-state index contributed by atoms with van der Waals surface area (Å²) in [6.07, 6.45) is 2.20. The van der Waals surface area contributed by atoms with Gasteiger partial charge in [0, 0.05) is 29.4 Å².